The monoisotopic (exact) mass is 223 g/mol. The highest BCUT2D eigenvalue weighted by Crippen LogP contribution is 2.22. The zero-order valence-corrected chi connectivity index (χ0v) is 9.88. The molecule has 0 fully saturated rings. The second-order valence-corrected chi connectivity index (χ2v) is 4.14. The van der Waals surface area contributed by atoms with Crippen molar-refractivity contribution >= 4 is 5.65 Å². The second kappa shape index (κ2) is 3.70. The summed E-state index contributed by atoms with van der Waals surface area (Å²) in [5.74, 6) is 0. The lowest BCUT2D eigenvalue weighted by Gasteiger charge is -2.03. The standard InChI is InChI=1S/C14H13N3/c1-10-6-5-7-12(15-10)14-11(2)16-13-8-3-4-9-17(13)14/h3-9H,1-2H3. The number of nitrogens with zero attached hydrogens (tertiary/aromatic N) is 3. The zero-order chi connectivity index (χ0) is 11.8. The number of hydrogen-bond acceptors (Lipinski definition) is 2. The van der Waals surface area contributed by atoms with Crippen LogP contribution in [-0.4, -0.2) is 14.4 Å². The maximum atomic E-state index is 4.57. The fourth-order valence-electron chi connectivity index (χ4n) is 2.10. The van der Waals surface area contributed by atoms with E-state index in [4.69, 9.17) is 0 Å². The number of imidazole rings is 1. The Morgan fingerprint density at radius 1 is 0.941 bits per heavy atom. The van der Waals surface area contributed by atoms with Gasteiger partial charge in [0.2, 0.25) is 0 Å². The third-order valence-electron chi connectivity index (χ3n) is 2.84. The van der Waals surface area contributed by atoms with Gasteiger partial charge in [-0.1, -0.05) is 12.1 Å². The maximum Gasteiger partial charge on any atom is 0.137 e. The second-order valence-electron chi connectivity index (χ2n) is 4.14. The molecule has 0 aliphatic heterocycles. The molecule has 3 rings (SSSR count). The molecule has 3 aromatic rings. The molecule has 0 amide bonds. The van der Waals surface area contributed by atoms with Gasteiger partial charge in [0.25, 0.3) is 0 Å². The van der Waals surface area contributed by atoms with Gasteiger partial charge in [0, 0.05) is 11.9 Å². The van der Waals surface area contributed by atoms with E-state index in [1.807, 2.05) is 56.4 Å². The van der Waals surface area contributed by atoms with Crippen molar-refractivity contribution in [2.24, 2.45) is 0 Å². The van der Waals surface area contributed by atoms with Gasteiger partial charge in [0.15, 0.2) is 0 Å². The van der Waals surface area contributed by atoms with Crippen LogP contribution in [0.3, 0.4) is 0 Å². The molecule has 84 valence electrons. The lowest BCUT2D eigenvalue weighted by Crippen LogP contribution is -1.92. The van der Waals surface area contributed by atoms with Crippen LogP contribution in [0.15, 0.2) is 42.6 Å². The molecular formula is C14H13N3. The fraction of sp³-hybridized carbons (Fsp3) is 0.143. The molecule has 0 aliphatic carbocycles. The quantitative estimate of drug-likeness (QED) is 0.634. The van der Waals surface area contributed by atoms with Gasteiger partial charge in [0.05, 0.1) is 17.1 Å². The molecular weight excluding hydrogens is 210 g/mol. The Kier molecular flexibility index (Phi) is 2.18. The molecule has 0 spiro atoms. The SMILES string of the molecule is Cc1cccc(-c2c(C)nc3ccccn23)n1. The first-order valence-corrected chi connectivity index (χ1v) is 5.63. The summed E-state index contributed by atoms with van der Waals surface area (Å²) in [6, 6.07) is 12.1. The summed E-state index contributed by atoms with van der Waals surface area (Å²) < 4.78 is 2.08. The van der Waals surface area contributed by atoms with E-state index in [0.29, 0.717) is 0 Å². The molecule has 0 N–H and O–H groups in total. The van der Waals surface area contributed by atoms with Crippen molar-refractivity contribution in [2.45, 2.75) is 13.8 Å². The first kappa shape index (κ1) is 10.0. The van der Waals surface area contributed by atoms with Crippen LogP contribution in [0.2, 0.25) is 0 Å². The number of rotatable bonds is 1. The summed E-state index contributed by atoms with van der Waals surface area (Å²) in [4.78, 5) is 9.11. The minimum Gasteiger partial charge on any atom is -0.298 e. The smallest absolute Gasteiger partial charge is 0.137 e. The van der Waals surface area contributed by atoms with Crippen LogP contribution in [-0.2, 0) is 0 Å². The zero-order valence-electron chi connectivity index (χ0n) is 9.88. The summed E-state index contributed by atoms with van der Waals surface area (Å²) in [5.41, 5.74) is 5.04. The van der Waals surface area contributed by atoms with Crippen LogP contribution in [0.4, 0.5) is 0 Å². The Labute approximate surface area is 99.8 Å². The van der Waals surface area contributed by atoms with Crippen LogP contribution in [0.5, 0.6) is 0 Å². The fourth-order valence-corrected chi connectivity index (χ4v) is 2.10. The normalized spacial score (nSPS) is 10.9. The van der Waals surface area contributed by atoms with Crippen LogP contribution < -0.4 is 0 Å². The van der Waals surface area contributed by atoms with Crippen molar-refractivity contribution in [1.29, 1.82) is 0 Å². The highest BCUT2D eigenvalue weighted by molar-refractivity contribution is 5.63. The minimum absolute atomic E-state index is 0.961. The van der Waals surface area contributed by atoms with E-state index < -0.39 is 0 Å². The molecule has 0 saturated heterocycles. The van der Waals surface area contributed by atoms with Gasteiger partial charge in [-0.05, 0) is 38.1 Å². The number of fused-ring (bicyclic) bond motifs is 1. The molecule has 0 bridgehead atoms. The Bertz CT molecular complexity index is 683. The van der Waals surface area contributed by atoms with Gasteiger partial charge in [0.1, 0.15) is 5.65 Å². The highest BCUT2D eigenvalue weighted by atomic mass is 15.0. The average molecular weight is 223 g/mol. The van der Waals surface area contributed by atoms with Gasteiger partial charge in [-0.2, -0.15) is 0 Å². The number of aromatic nitrogens is 3. The predicted molar refractivity (Wildman–Crippen MR) is 67.9 cm³/mol. The molecule has 0 saturated carbocycles. The summed E-state index contributed by atoms with van der Waals surface area (Å²) >= 11 is 0. The topological polar surface area (TPSA) is 30.2 Å². The Balaban J connectivity index is 2.33. The summed E-state index contributed by atoms with van der Waals surface area (Å²) in [6.45, 7) is 4.02. The van der Waals surface area contributed by atoms with Gasteiger partial charge < -0.3 is 0 Å². The number of pyridine rings is 2. The number of hydrogen-bond donors (Lipinski definition) is 0. The van der Waals surface area contributed by atoms with Gasteiger partial charge >= 0.3 is 0 Å². The molecule has 17 heavy (non-hydrogen) atoms. The van der Waals surface area contributed by atoms with Crippen molar-refractivity contribution in [3.05, 3.63) is 54.0 Å². The van der Waals surface area contributed by atoms with Crippen molar-refractivity contribution in [1.82, 2.24) is 14.4 Å². The van der Waals surface area contributed by atoms with Gasteiger partial charge in [-0.3, -0.25) is 9.38 Å². The molecule has 0 radical (unpaired) electrons. The van der Waals surface area contributed by atoms with Crippen molar-refractivity contribution in [3.63, 3.8) is 0 Å². The number of aryl methyl sites for hydroxylation is 2. The van der Waals surface area contributed by atoms with Gasteiger partial charge in [-0.15, -0.1) is 0 Å². The van der Waals surface area contributed by atoms with Gasteiger partial charge in [-0.25, -0.2) is 4.98 Å². The van der Waals surface area contributed by atoms with Crippen LogP contribution in [0, 0.1) is 13.8 Å². The molecule has 3 heteroatoms. The lowest BCUT2D eigenvalue weighted by molar-refractivity contribution is 1.13. The highest BCUT2D eigenvalue weighted by Gasteiger charge is 2.11. The Morgan fingerprint density at radius 3 is 2.65 bits per heavy atom. The first-order chi connectivity index (χ1) is 8.25. The van der Waals surface area contributed by atoms with E-state index in [0.717, 1.165) is 28.4 Å². The van der Waals surface area contributed by atoms with Crippen LogP contribution in [0.1, 0.15) is 11.4 Å². The van der Waals surface area contributed by atoms with Crippen molar-refractivity contribution < 1.29 is 0 Å². The summed E-state index contributed by atoms with van der Waals surface area (Å²) in [7, 11) is 0. The molecule has 0 aliphatic rings. The largest absolute Gasteiger partial charge is 0.298 e. The van der Waals surface area contributed by atoms with Crippen LogP contribution in [0.25, 0.3) is 17.0 Å². The molecule has 3 aromatic heterocycles. The Morgan fingerprint density at radius 2 is 1.82 bits per heavy atom. The van der Waals surface area contributed by atoms with E-state index in [1.165, 1.54) is 0 Å². The third kappa shape index (κ3) is 1.60. The van der Waals surface area contributed by atoms with Crippen molar-refractivity contribution in [3.8, 4) is 11.4 Å². The summed E-state index contributed by atoms with van der Waals surface area (Å²) in [6.07, 6.45) is 2.02. The molecule has 3 nitrogen and oxygen atoms in total. The van der Waals surface area contributed by atoms with E-state index in [1.54, 1.807) is 0 Å². The maximum absolute atomic E-state index is 4.57. The van der Waals surface area contributed by atoms with E-state index in [2.05, 4.69) is 14.4 Å². The predicted octanol–water partition coefficient (Wildman–Crippen LogP) is 3.01. The lowest BCUT2D eigenvalue weighted by atomic mass is 10.2. The Hall–Kier alpha value is -2.16. The van der Waals surface area contributed by atoms with Crippen LogP contribution >= 0.6 is 0 Å². The molecule has 0 atom stereocenters. The van der Waals surface area contributed by atoms with Crippen molar-refractivity contribution in [2.75, 3.05) is 0 Å². The first-order valence-electron chi connectivity index (χ1n) is 5.63. The van der Waals surface area contributed by atoms with E-state index in [-0.39, 0.29) is 0 Å². The summed E-state index contributed by atoms with van der Waals surface area (Å²) in [5, 5.41) is 0. The van der Waals surface area contributed by atoms with E-state index >= 15 is 0 Å². The molecule has 0 unspecified atom stereocenters. The molecule has 0 aromatic carbocycles. The minimum atomic E-state index is 0.961. The van der Waals surface area contributed by atoms with E-state index in [9.17, 15) is 0 Å². The molecule has 3 heterocycles. The third-order valence-corrected chi connectivity index (χ3v) is 2.84. The average Bonchev–Trinajstić information content (AvgIpc) is 2.64.